The zero-order valence-corrected chi connectivity index (χ0v) is 7.28. The summed E-state index contributed by atoms with van der Waals surface area (Å²) in [4.78, 5) is 13.9. The van der Waals surface area contributed by atoms with Crippen LogP contribution in [-0.2, 0) is 0 Å². The predicted octanol–water partition coefficient (Wildman–Crippen LogP) is 1.72. The van der Waals surface area contributed by atoms with Gasteiger partial charge < -0.3 is 9.84 Å². The molecule has 0 fully saturated rings. The second-order valence-corrected chi connectivity index (χ2v) is 2.59. The fraction of sp³-hybridized carbons (Fsp3) is 0.250. The average molecular weight is 221 g/mol. The van der Waals surface area contributed by atoms with Crippen molar-refractivity contribution < 1.29 is 27.8 Å². The second-order valence-electron chi connectivity index (χ2n) is 2.59. The Kier molecular flexibility index (Phi) is 3.13. The highest BCUT2D eigenvalue weighted by Crippen LogP contribution is 2.17. The Bertz CT molecular complexity index is 364. The van der Waals surface area contributed by atoms with Crippen LogP contribution in [0, 0.1) is 0 Å². The van der Waals surface area contributed by atoms with Crippen LogP contribution in [0.15, 0.2) is 18.3 Å². The van der Waals surface area contributed by atoms with Crippen molar-refractivity contribution in [2.75, 3.05) is 6.61 Å². The van der Waals surface area contributed by atoms with Gasteiger partial charge in [0.15, 0.2) is 6.61 Å². The van der Waals surface area contributed by atoms with E-state index >= 15 is 0 Å². The SMILES string of the molecule is O=C(O)c1ccnc(OCC(F)(F)F)c1. The molecule has 4 nitrogen and oxygen atoms in total. The van der Waals surface area contributed by atoms with E-state index in [4.69, 9.17) is 5.11 Å². The molecule has 0 spiro atoms. The van der Waals surface area contributed by atoms with Crippen molar-refractivity contribution in [2.45, 2.75) is 6.18 Å². The third-order valence-electron chi connectivity index (χ3n) is 1.37. The highest BCUT2D eigenvalue weighted by Gasteiger charge is 2.28. The van der Waals surface area contributed by atoms with E-state index in [0.29, 0.717) is 0 Å². The number of nitrogens with zero attached hydrogens (tertiary/aromatic N) is 1. The molecule has 0 radical (unpaired) electrons. The fourth-order valence-electron chi connectivity index (χ4n) is 0.777. The number of ether oxygens (including phenoxy) is 1. The number of rotatable bonds is 3. The van der Waals surface area contributed by atoms with Crippen LogP contribution in [0.3, 0.4) is 0 Å². The van der Waals surface area contributed by atoms with Gasteiger partial charge in [-0.1, -0.05) is 0 Å². The van der Waals surface area contributed by atoms with Gasteiger partial charge in [0.1, 0.15) is 0 Å². The Morgan fingerprint density at radius 2 is 2.20 bits per heavy atom. The van der Waals surface area contributed by atoms with Gasteiger partial charge >= 0.3 is 12.1 Å². The number of hydrogen-bond acceptors (Lipinski definition) is 3. The Hall–Kier alpha value is -1.79. The molecule has 0 aliphatic carbocycles. The van der Waals surface area contributed by atoms with Gasteiger partial charge in [-0.15, -0.1) is 0 Å². The molecule has 0 saturated carbocycles. The third-order valence-corrected chi connectivity index (χ3v) is 1.37. The maximum atomic E-state index is 11.7. The molecule has 0 aromatic carbocycles. The average Bonchev–Trinajstić information content (AvgIpc) is 2.14. The molecule has 1 aromatic heterocycles. The molecular formula is C8H6F3NO3. The number of pyridine rings is 1. The van der Waals surface area contributed by atoms with Crippen LogP contribution in [0.4, 0.5) is 13.2 Å². The normalized spacial score (nSPS) is 11.1. The molecule has 82 valence electrons. The number of aromatic carboxylic acids is 1. The zero-order chi connectivity index (χ0) is 11.5. The quantitative estimate of drug-likeness (QED) is 0.844. The molecule has 0 aliphatic rings. The summed E-state index contributed by atoms with van der Waals surface area (Å²) in [5.41, 5.74) is -0.179. The minimum Gasteiger partial charge on any atom is -0.478 e. The molecule has 0 bridgehead atoms. The Morgan fingerprint density at radius 1 is 1.53 bits per heavy atom. The van der Waals surface area contributed by atoms with Gasteiger partial charge in [-0.25, -0.2) is 9.78 Å². The van der Waals surface area contributed by atoms with Crippen molar-refractivity contribution in [3.8, 4) is 5.88 Å². The van der Waals surface area contributed by atoms with Crippen molar-refractivity contribution >= 4 is 5.97 Å². The summed E-state index contributed by atoms with van der Waals surface area (Å²) in [6.07, 6.45) is -3.41. The lowest BCUT2D eigenvalue weighted by Crippen LogP contribution is -2.19. The standard InChI is InChI=1S/C8H6F3NO3/c9-8(10,11)4-15-6-3-5(7(13)14)1-2-12-6/h1-3H,4H2,(H,13,14). The molecule has 1 rings (SSSR count). The summed E-state index contributed by atoms with van der Waals surface area (Å²) < 4.78 is 39.5. The van der Waals surface area contributed by atoms with Crippen molar-refractivity contribution in [2.24, 2.45) is 0 Å². The van der Waals surface area contributed by atoms with E-state index in [1.807, 2.05) is 0 Å². The first-order valence-corrected chi connectivity index (χ1v) is 3.77. The lowest BCUT2D eigenvalue weighted by atomic mass is 10.3. The summed E-state index contributed by atoms with van der Waals surface area (Å²) >= 11 is 0. The van der Waals surface area contributed by atoms with E-state index in [9.17, 15) is 18.0 Å². The molecule has 0 amide bonds. The van der Waals surface area contributed by atoms with E-state index in [1.165, 1.54) is 0 Å². The van der Waals surface area contributed by atoms with E-state index in [0.717, 1.165) is 18.3 Å². The van der Waals surface area contributed by atoms with E-state index in [2.05, 4.69) is 9.72 Å². The molecule has 0 saturated heterocycles. The lowest BCUT2D eigenvalue weighted by Gasteiger charge is -2.08. The maximum absolute atomic E-state index is 11.7. The summed E-state index contributed by atoms with van der Waals surface area (Å²) in [6, 6.07) is 2.08. The molecule has 0 atom stereocenters. The van der Waals surface area contributed by atoms with Gasteiger partial charge in [0, 0.05) is 12.3 Å². The van der Waals surface area contributed by atoms with Crippen LogP contribution in [0.1, 0.15) is 10.4 Å². The van der Waals surface area contributed by atoms with Crippen LogP contribution in [-0.4, -0.2) is 28.8 Å². The van der Waals surface area contributed by atoms with E-state index in [-0.39, 0.29) is 11.4 Å². The summed E-state index contributed by atoms with van der Waals surface area (Å²) in [7, 11) is 0. The third kappa shape index (κ3) is 3.84. The zero-order valence-electron chi connectivity index (χ0n) is 7.28. The Morgan fingerprint density at radius 3 is 2.73 bits per heavy atom. The largest absolute Gasteiger partial charge is 0.478 e. The van der Waals surface area contributed by atoms with Crippen LogP contribution in [0.2, 0.25) is 0 Å². The first-order chi connectivity index (χ1) is 6.88. The first-order valence-electron chi connectivity index (χ1n) is 3.77. The minimum atomic E-state index is -4.47. The highest BCUT2D eigenvalue weighted by molar-refractivity contribution is 5.87. The molecule has 7 heteroatoms. The van der Waals surface area contributed by atoms with E-state index < -0.39 is 18.8 Å². The smallest absolute Gasteiger partial charge is 0.422 e. The minimum absolute atomic E-state index is 0.179. The number of hydrogen-bond donors (Lipinski definition) is 1. The highest BCUT2D eigenvalue weighted by atomic mass is 19.4. The van der Waals surface area contributed by atoms with Gasteiger partial charge in [-0.3, -0.25) is 0 Å². The predicted molar refractivity (Wildman–Crippen MR) is 42.7 cm³/mol. The van der Waals surface area contributed by atoms with Crippen LogP contribution in [0.5, 0.6) is 5.88 Å². The van der Waals surface area contributed by atoms with Crippen molar-refractivity contribution in [1.82, 2.24) is 4.98 Å². The Labute approximate surface area is 82.3 Å². The molecule has 0 aliphatic heterocycles. The van der Waals surface area contributed by atoms with Gasteiger partial charge in [0.2, 0.25) is 5.88 Å². The van der Waals surface area contributed by atoms with Crippen molar-refractivity contribution in [1.29, 1.82) is 0 Å². The van der Waals surface area contributed by atoms with Crippen LogP contribution >= 0.6 is 0 Å². The fourth-order valence-corrected chi connectivity index (χ4v) is 0.777. The van der Waals surface area contributed by atoms with Gasteiger partial charge in [-0.05, 0) is 6.07 Å². The number of carbonyl (C=O) groups is 1. The molecular weight excluding hydrogens is 215 g/mol. The maximum Gasteiger partial charge on any atom is 0.422 e. The molecule has 0 unspecified atom stereocenters. The number of carboxylic acid groups (broad SMARTS) is 1. The summed E-state index contributed by atoms with van der Waals surface area (Å²) in [5, 5.41) is 8.53. The number of halogens is 3. The van der Waals surface area contributed by atoms with Crippen molar-refractivity contribution in [3.63, 3.8) is 0 Å². The summed E-state index contributed by atoms with van der Waals surface area (Å²) in [5.74, 6) is -1.62. The monoisotopic (exact) mass is 221 g/mol. The number of alkyl halides is 3. The summed E-state index contributed by atoms with van der Waals surface area (Å²) in [6.45, 7) is -1.50. The first kappa shape index (κ1) is 11.3. The topological polar surface area (TPSA) is 59.4 Å². The molecule has 1 heterocycles. The Balaban J connectivity index is 2.70. The van der Waals surface area contributed by atoms with Gasteiger partial charge in [-0.2, -0.15) is 13.2 Å². The molecule has 1 aromatic rings. The second kappa shape index (κ2) is 4.16. The van der Waals surface area contributed by atoms with Crippen LogP contribution < -0.4 is 4.74 Å². The molecule has 1 N–H and O–H groups in total. The van der Waals surface area contributed by atoms with Gasteiger partial charge in [0.05, 0.1) is 5.56 Å². The molecule has 15 heavy (non-hydrogen) atoms. The lowest BCUT2D eigenvalue weighted by molar-refractivity contribution is -0.154. The number of aromatic nitrogens is 1. The van der Waals surface area contributed by atoms with Crippen molar-refractivity contribution in [3.05, 3.63) is 23.9 Å². The number of carboxylic acids is 1. The van der Waals surface area contributed by atoms with Crippen LogP contribution in [0.25, 0.3) is 0 Å². The van der Waals surface area contributed by atoms with E-state index in [1.54, 1.807) is 0 Å². The van der Waals surface area contributed by atoms with Gasteiger partial charge in [0.25, 0.3) is 0 Å².